The molecule has 0 saturated heterocycles. The van der Waals surface area contributed by atoms with Crippen LogP contribution in [-0.2, 0) is 11.3 Å². The lowest BCUT2D eigenvalue weighted by Gasteiger charge is -2.06. The van der Waals surface area contributed by atoms with E-state index in [2.05, 4.69) is 5.32 Å². The molecule has 0 spiro atoms. The lowest BCUT2D eigenvalue weighted by Crippen LogP contribution is -2.29. The molecule has 0 radical (unpaired) electrons. The largest absolute Gasteiger partial charge is 0.382 e. The first kappa shape index (κ1) is 15.0. The first-order chi connectivity index (χ1) is 8.66. The van der Waals surface area contributed by atoms with Crippen molar-refractivity contribution < 1.29 is 4.74 Å². The van der Waals surface area contributed by atoms with Crippen LogP contribution in [0.25, 0.3) is 0 Å². The Balaban J connectivity index is 2.22. The van der Waals surface area contributed by atoms with Crippen LogP contribution in [0.1, 0.15) is 33.2 Å². The summed E-state index contributed by atoms with van der Waals surface area (Å²) in [7, 11) is 0. The van der Waals surface area contributed by atoms with Gasteiger partial charge in [0.05, 0.1) is 0 Å². The Bertz CT molecular complexity index is 382. The minimum atomic E-state index is 0.0705. The molecule has 0 atom stereocenters. The molecule has 0 aromatic carbocycles. The van der Waals surface area contributed by atoms with E-state index in [9.17, 15) is 4.79 Å². The maximum Gasteiger partial charge on any atom is 0.328 e. The number of rotatable bonds is 9. The van der Waals surface area contributed by atoms with Gasteiger partial charge in [-0.3, -0.25) is 9.13 Å². The highest BCUT2D eigenvalue weighted by Gasteiger charge is 2.04. The smallest absolute Gasteiger partial charge is 0.328 e. The molecule has 5 heteroatoms. The quantitative estimate of drug-likeness (QED) is 0.676. The number of ether oxygens (including phenoxy) is 1. The average molecular weight is 255 g/mol. The van der Waals surface area contributed by atoms with Crippen LogP contribution in [0.5, 0.6) is 0 Å². The Labute approximate surface area is 109 Å². The Kier molecular flexibility index (Phi) is 6.75. The number of nitrogens with zero attached hydrogens (tertiary/aromatic N) is 2. The van der Waals surface area contributed by atoms with Crippen molar-refractivity contribution in [1.29, 1.82) is 0 Å². The van der Waals surface area contributed by atoms with Crippen molar-refractivity contribution in [3.8, 4) is 0 Å². The zero-order valence-corrected chi connectivity index (χ0v) is 11.7. The molecule has 0 bridgehead atoms. The maximum atomic E-state index is 11.9. The summed E-state index contributed by atoms with van der Waals surface area (Å²) in [5.74, 6) is 0. The van der Waals surface area contributed by atoms with Gasteiger partial charge in [0.15, 0.2) is 0 Å². The van der Waals surface area contributed by atoms with Crippen molar-refractivity contribution in [2.24, 2.45) is 0 Å². The van der Waals surface area contributed by atoms with Crippen molar-refractivity contribution >= 4 is 0 Å². The molecule has 18 heavy (non-hydrogen) atoms. The summed E-state index contributed by atoms with van der Waals surface area (Å²) < 4.78 is 8.74. The summed E-state index contributed by atoms with van der Waals surface area (Å²) in [4.78, 5) is 11.9. The van der Waals surface area contributed by atoms with E-state index >= 15 is 0 Å². The first-order valence-corrected chi connectivity index (χ1v) is 6.72. The van der Waals surface area contributed by atoms with Gasteiger partial charge < -0.3 is 10.1 Å². The third-order valence-electron chi connectivity index (χ3n) is 2.81. The molecule has 0 fully saturated rings. The second-order valence-electron chi connectivity index (χ2n) is 4.58. The second-order valence-corrected chi connectivity index (χ2v) is 4.58. The zero-order chi connectivity index (χ0) is 13.4. The lowest BCUT2D eigenvalue weighted by molar-refractivity contribution is 0.145. The molecule has 0 aliphatic carbocycles. The van der Waals surface area contributed by atoms with Gasteiger partial charge in [-0.15, -0.1) is 0 Å². The maximum absolute atomic E-state index is 11.9. The van der Waals surface area contributed by atoms with E-state index in [4.69, 9.17) is 4.74 Å². The highest BCUT2D eigenvalue weighted by Crippen LogP contribution is 1.98. The van der Waals surface area contributed by atoms with Crippen LogP contribution >= 0.6 is 0 Å². The Morgan fingerprint density at radius 3 is 2.72 bits per heavy atom. The first-order valence-electron chi connectivity index (χ1n) is 6.72. The van der Waals surface area contributed by atoms with Crippen molar-refractivity contribution in [3.63, 3.8) is 0 Å². The van der Waals surface area contributed by atoms with Gasteiger partial charge in [0.25, 0.3) is 0 Å². The molecule has 0 aliphatic heterocycles. The predicted molar refractivity (Wildman–Crippen MR) is 73.1 cm³/mol. The highest BCUT2D eigenvalue weighted by atomic mass is 16.5. The lowest BCUT2D eigenvalue weighted by atomic mass is 10.4. The number of hydrogen-bond acceptors (Lipinski definition) is 3. The Morgan fingerprint density at radius 2 is 2.11 bits per heavy atom. The highest BCUT2D eigenvalue weighted by molar-refractivity contribution is 4.83. The van der Waals surface area contributed by atoms with E-state index in [1.165, 1.54) is 0 Å². The third-order valence-corrected chi connectivity index (χ3v) is 2.81. The van der Waals surface area contributed by atoms with Crippen LogP contribution in [-0.4, -0.2) is 35.4 Å². The van der Waals surface area contributed by atoms with Gasteiger partial charge >= 0.3 is 5.69 Å². The van der Waals surface area contributed by atoms with Crippen LogP contribution in [0.15, 0.2) is 17.2 Å². The van der Waals surface area contributed by atoms with Crippen molar-refractivity contribution in [1.82, 2.24) is 14.5 Å². The normalized spacial score (nSPS) is 11.3. The van der Waals surface area contributed by atoms with E-state index in [0.29, 0.717) is 6.54 Å². The standard InChI is InChI=1S/C13H25N3O2/c1-4-18-11-5-6-14-7-8-15-9-10-16(12(2)3)13(15)17/h9-10,12,14H,4-8,11H2,1-3H3. The van der Waals surface area contributed by atoms with Gasteiger partial charge in [-0.05, 0) is 33.7 Å². The molecule has 0 aliphatic rings. The van der Waals surface area contributed by atoms with Crippen LogP contribution < -0.4 is 11.0 Å². The summed E-state index contributed by atoms with van der Waals surface area (Å²) in [5.41, 5.74) is 0.0705. The monoisotopic (exact) mass is 255 g/mol. The summed E-state index contributed by atoms with van der Waals surface area (Å²) in [6.07, 6.45) is 4.71. The molecule has 104 valence electrons. The van der Waals surface area contributed by atoms with Gasteiger partial charge in [-0.1, -0.05) is 0 Å². The van der Waals surface area contributed by atoms with E-state index in [0.717, 1.165) is 32.7 Å². The zero-order valence-electron chi connectivity index (χ0n) is 11.7. The van der Waals surface area contributed by atoms with Crippen LogP contribution in [0, 0.1) is 0 Å². The fraction of sp³-hybridized carbons (Fsp3) is 0.769. The molecule has 1 rings (SSSR count). The van der Waals surface area contributed by atoms with Crippen molar-refractivity contribution in [2.45, 2.75) is 39.8 Å². The van der Waals surface area contributed by atoms with Gasteiger partial charge in [0.1, 0.15) is 0 Å². The predicted octanol–water partition coefficient (Wildman–Crippen LogP) is 1.25. The molecule has 0 saturated carbocycles. The van der Waals surface area contributed by atoms with E-state index in [-0.39, 0.29) is 11.7 Å². The molecule has 0 amide bonds. The average Bonchev–Trinajstić information content (AvgIpc) is 2.70. The topological polar surface area (TPSA) is 48.2 Å². The van der Waals surface area contributed by atoms with Crippen LogP contribution in [0.2, 0.25) is 0 Å². The van der Waals surface area contributed by atoms with E-state index < -0.39 is 0 Å². The summed E-state index contributed by atoms with van der Waals surface area (Å²) in [6, 6.07) is 0.220. The van der Waals surface area contributed by atoms with Gasteiger partial charge in [-0.25, -0.2) is 4.79 Å². The molecule has 5 nitrogen and oxygen atoms in total. The molecule has 1 N–H and O–H groups in total. The third kappa shape index (κ3) is 4.66. The molecule has 1 heterocycles. The summed E-state index contributed by atoms with van der Waals surface area (Å²) in [6.45, 7) is 10.1. The summed E-state index contributed by atoms with van der Waals surface area (Å²) in [5, 5.41) is 3.31. The van der Waals surface area contributed by atoms with Crippen LogP contribution in [0.3, 0.4) is 0 Å². The number of hydrogen-bond donors (Lipinski definition) is 1. The van der Waals surface area contributed by atoms with Gasteiger partial charge in [0.2, 0.25) is 0 Å². The summed E-state index contributed by atoms with van der Waals surface area (Å²) >= 11 is 0. The fourth-order valence-corrected chi connectivity index (χ4v) is 1.76. The SMILES string of the molecule is CCOCCCNCCn1ccn(C(C)C)c1=O. The van der Waals surface area contributed by atoms with E-state index in [1.807, 2.05) is 33.2 Å². The molecular weight excluding hydrogens is 230 g/mol. The fourth-order valence-electron chi connectivity index (χ4n) is 1.76. The molecular formula is C13H25N3O2. The minimum Gasteiger partial charge on any atom is -0.382 e. The van der Waals surface area contributed by atoms with Crippen LogP contribution in [0.4, 0.5) is 0 Å². The number of nitrogens with one attached hydrogen (secondary N) is 1. The van der Waals surface area contributed by atoms with Crippen molar-refractivity contribution in [2.75, 3.05) is 26.3 Å². The minimum absolute atomic E-state index is 0.0705. The van der Waals surface area contributed by atoms with Gasteiger partial charge in [0, 0.05) is 44.7 Å². The number of aromatic nitrogens is 2. The Morgan fingerprint density at radius 1 is 1.33 bits per heavy atom. The Hall–Kier alpha value is -1.07. The van der Waals surface area contributed by atoms with Gasteiger partial charge in [-0.2, -0.15) is 0 Å². The van der Waals surface area contributed by atoms with Crippen molar-refractivity contribution in [3.05, 3.63) is 22.9 Å². The number of imidazole rings is 1. The second kappa shape index (κ2) is 8.11. The molecule has 0 unspecified atom stereocenters. The van der Waals surface area contributed by atoms with E-state index in [1.54, 1.807) is 9.13 Å². The molecule has 1 aromatic heterocycles. The molecule has 1 aromatic rings.